The topological polar surface area (TPSA) is 73.9 Å². The van der Waals surface area contributed by atoms with Gasteiger partial charge in [0.25, 0.3) is 5.91 Å². The standard InChI is InChI=1S/C19H18F3NO5/c1-3-26-12-4-6-13(7-5-12)27-10-16(24)28-11(2)19(25)23-15-9-8-14(20)17(21)18(15)22/h4-9,11H,3,10H2,1-2H3,(H,23,25)/t11-/m1/s1. The highest BCUT2D eigenvalue weighted by Crippen LogP contribution is 2.20. The average molecular weight is 397 g/mol. The Balaban J connectivity index is 1.84. The van der Waals surface area contributed by atoms with Crippen LogP contribution in [-0.4, -0.2) is 31.2 Å². The molecular weight excluding hydrogens is 379 g/mol. The zero-order chi connectivity index (χ0) is 20.7. The van der Waals surface area contributed by atoms with Gasteiger partial charge in [-0.25, -0.2) is 18.0 Å². The second-order valence-corrected chi connectivity index (χ2v) is 5.54. The molecule has 28 heavy (non-hydrogen) atoms. The highest BCUT2D eigenvalue weighted by atomic mass is 19.2. The molecule has 0 aromatic heterocycles. The van der Waals surface area contributed by atoms with E-state index >= 15 is 0 Å². The Bertz CT molecular complexity index is 842. The average Bonchev–Trinajstić information content (AvgIpc) is 2.68. The fraction of sp³-hybridized carbons (Fsp3) is 0.263. The predicted octanol–water partition coefficient (Wildman–Crippen LogP) is 3.45. The quantitative estimate of drug-likeness (QED) is 0.546. The smallest absolute Gasteiger partial charge is 0.344 e. The number of amides is 1. The molecule has 1 amide bonds. The Morgan fingerprint density at radius 1 is 0.964 bits per heavy atom. The van der Waals surface area contributed by atoms with E-state index in [-0.39, 0.29) is 0 Å². The van der Waals surface area contributed by atoms with E-state index in [1.165, 1.54) is 6.92 Å². The van der Waals surface area contributed by atoms with Crippen LogP contribution in [0.3, 0.4) is 0 Å². The van der Waals surface area contributed by atoms with Gasteiger partial charge in [0, 0.05) is 0 Å². The summed E-state index contributed by atoms with van der Waals surface area (Å²) < 4.78 is 55.0. The van der Waals surface area contributed by atoms with E-state index in [0.29, 0.717) is 24.2 Å². The van der Waals surface area contributed by atoms with Crippen LogP contribution in [0.2, 0.25) is 0 Å². The molecule has 0 bridgehead atoms. The maximum atomic E-state index is 13.6. The fourth-order valence-electron chi connectivity index (χ4n) is 2.08. The number of halogens is 3. The molecule has 6 nitrogen and oxygen atoms in total. The lowest BCUT2D eigenvalue weighted by Crippen LogP contribution is -2.32. The van der Waals surface area contributed by atoms with Gasteiger partial charge < -0.3 is 19.5 Å². The zero-order valence-corrected chi connectivity index (χ0v) is 15.1. The molecule has 0 spiro atoms. The molecule has 0 unspecified atom stereocenters. The van der Waals surface area contributed by atoms with Gasteiger partial charge in [0.15, 0.2) is 30.2 Å². The third-order valence-electron chi connectivity index (χ3n) is 3.46. The first-order valence-corrected chi connectivity index (χ1v) is 8.31. The molecule has 1 atom stereocenters. The van der Waals surface area contributed by atoms with Crippen molar-refractivity contribution in [2.24, 2.45) is 0 Å². The lowest BCUT2D eigenvalue weighted by atomic mass is 10.2. The Labute approximate surface area is 159 Å². The molecule has 0 heterocycles. The van der Waals surface area contributed by atoms with Gasteiger partial charge >= 0.3 is 5.97 Å². The van der Waals surface area contributed by atoms with Crippen LogP contribution < -0.4 is 14.8 Å². The maximum Gasteiger partial charge on any atom is 0.344 e. The summed E-state index contributed by atoms with van der Waals surface area (Å²) in [5, 5.41) is 2.02. The third kappa shape index (κ3) is 5.63. The van der Waals surface area contributed by atoms with Crippen LogP contribution in [0.1, 0.15) is 13.8 Å². The molecule has 2 aromatic carbocycles. The minimum atomic E-state index is -1.72. The molecule has 0 aliphatic rings. The summed E-state index contributed by atoms with van der Waals surface area (Å²) >= 11 is 0. The first-order valence-electron chi connectivity index (χ1n) is 8.31. The molecule has 2 aromatic rings. The SMILES string of the molecule is CCOc1ccc(OCC(=O)O[C@H](C)C(=O)Nc2ccc(F)c(F)c2F)cc1. The van der Waals surface area contributed by atoms with Crippen molar-refractivity contribution in [3.05, 3.63) is 53.8 Å². The van der Waals surface area contributed by atoms with Gasteiger partial charge in [-0.2, -0.15) is 0 Å². The van der Waals surface area contributed by atoms with E-state index in [9.17, 15) is 22.8 Å². The summed E-state index contributed by atoms with van der Waals surface area (Å²) in [5.41, 5.74) is -0.572. The van der Waals surface area contributed by atoms with Gasteiger partial charge in [0.05, 0.1) is 12.3 Å². The number of anilines is 1. The number of ether oxygens (including phenoxy) is 3. The lowest BCUT2D eigenvalue weighted by molar-refractivity contribution is -0.155. The molecule has 0 aliphatic carbocycles. The normalized spacial score (nSPS) is 11.5. The number of benzene rings is 2. The third-order valence-corrected chi connectivity index (χ3v) is 3.46. The second kappa shape index (κ2) is 9.63. The van der Waals surface area contributed by atoms with Crippen molar-refractivity contribution >= 4 is 17.6 Å². The zero-order valence-electron chi connectivity index (χ0n) is 15.1. The van der Waals surface area contributed by atoms with Gasteiger partial charge in [-0.15, -0.1) is 0 Å². The van der Waals surface area contributed by atoms with E-state index in [2.05, 4.69) is 0 Å². The lowest BCUT2D eigenvalue weighted by Gasteiger charge is -2.14. The molecule has 0 fully saturated rings. The first-order chi connectivity index (χ1) is 13.3. The van der Waals surface area contributed by atoms with Gasteiger partial charge in [-0.05, 0) is 50.2 Å². The number of carbonyl (C=O) groups excluding carboxylic acids is 2. The summed E-state index contributed by atoms with van der Waals surface area (Å²) in [7, 11) is 0. The van der Waals surface area contributed by atoms with Crippen molar-refractivity contribution in [1.82, 2.24) is 0 Å². The van der Waals surface area contributed by atoms with Crippen LogP contribution in [0, 0.1) is 17.5 Å². The fourth-order valence-corrected chi connectivity index (χ4v) is 2.08. The summed E-state index contributed by atoms with van der Waals surface area (Å²) in [6.07, 6.45) is -1.32. The van der Waals surface area contributed by atoms with Crippen molar-refractivity contribution in [2.75, 3.05) is 18.5 Å². The number of carbonyl (C=O) groups is 2. The minimum absolute atomic E-state index is 0.390. The molecule has 0 aliphatic heterocycles. The molecule has 1 N–H and O–H groups in total. The number of rotatable bonds is 8. The van der Waals surface area contributed by atoms with E-state index in [1.54, 1.807) is 24.3 Å². The van der Waals surface area contributed by atoms with Crippen LogP contribution in [0.25, 0.3) is 0 Å². The van der Waals surface area contributed by atoms with E-state index < -0.39 is 47.7 Å². The summed E-state index contributed by atoms with van der Waals surface area (Å²) in [5.74, 6) is -5.38. The Morgan fingerprint density at radius 2 is 1.57 bits per heavy atom. The van der Waals surface area contributed by atoms with Crippen molar-refractivity contribution in [1.29, 1.82) is 0 Å². The minimum Gasteiger partial charge on any atom is -0.494 e. The first kappa shape index (κ1) is 21.1. The number of hydrogen-bond donors (Lipinski definition) is 1. The van der Waals surface area contributed by atoms with Gasteiger partial charge in [0.1, 0.15) is 11.5 Å². The Morgan fingerprint density at radius 3 is 2.18 bits per heavy atom. The summed E-state index contributed by atoms with van der Waals surface area (Å²) in [4.78, 5) is 23.7. The van der Waals surface area contributed by atoms with E-state index in [0.717, 1.165) is 6.07 Å². The number of nitrogens with one attached hydrogen (secondary N) is 1. The van der Waals surface area contributed by atoms with Crippen molar-refractivity contribution in [3.8, 4) is 11.5 Å². The van der Waals surface area contributed by atoms with Crippen LogP contribution in [-0.2, 0) is 14.3 Å². The molecule has 2 rings (SSSR count). The Kier molecular flexibility index (Phi) is 7.25. The monoisotopic (exact) mass is 397 g/mol. The molecule has 0 radical (unpaired) electrons. The largest absolute Gasteiger partial charge is 0.494 e. The van der Waals surface area contributed by atoms with E-state index in [4.69, 9.17) is 14.2 Å². The molecule has 0 saturated heterocycles. The van der Waals surface area contributed by atoms with Crippen molar-refractivity contribution in [2.45, 2.75) is 20.0 Å². The van der Waals surface area contributed by atoms with Gasteiger partial charge in [-0.1, -0.05) is 0 Å². The Hall–Kier alpha value is -3.23. The molecule has 0 saturated carbocycles. The maximum absolute atomic E-state index is 13.6. The van der Waals surface area contributed by atoms with E-state index in [1.807, 2.05) is 12.2 Å². The van der Waals surface area contributed by atoms with Crippen LogP contribution >= 0.6 is 0 Å². The van der Waals surface area contributed by atoms with Crippen molar-refractivity contribution < 1.29 is 37.0 Å². The summed E-state index contributed by atoms with van der Waals surface area (Å²) in [6.45, 7) is 3.13. The van der Waals surface area contributed by atoms with Gasteiger partial charge in [-0.3, -0.25) is 4.79 Å². The van der Waals surface area contributed by atoms with Crippen LogP contribution in [0.5, 0.6) is 11.5 Å². The molecular formula is C19H18F3NO5. The van der Waals surface area contributed by atoms with Crippen LogP contribution in [0.4, 0.5) is 18.9 Å². The van der Waals surface area contributed by atoms with Gasteiger partial charge in [0.2, 0.25) is 0 Å². The molecule has 9 heteroatoms. The highest BCUT2D eigenvalue weighted by molar-refractivity contribution is 5.95. The van der Waals surface area contributed by atoms with Crippen molar-refractivity contribution in [3.63, 3.8) is 0 Å². The number of esters is 1. The highest BCUT2D eigenvalue weighted by Gasteiger charge is 2.21. The van der Waals surface area contributed by atoms with Crippen LogP contribution in [0.15, 0.2) is 36.4 Å². The summed E-state index contributed by atoms with van der Waals surface area (Å²) in [6, 6.07) is 8.04. The molecule has 150 valence electrons. The number of hydrogen-bond acceptors (Lipinski definition) is 5. The predicted molar refractivity (Wildman–Crippen MR) is 93.6 cm³/mol. The second-order valence-electron chi connectivity index (χ2n) is 5.54.